The van der Waals surface area contributed by atoms with E-state index in [4.69, 9.17) is 11.6 Å². The van der Waals surface area contributed by atoms with Crippen molar-refractivity contribution in [1.29, 1.82) is 0 Å². The fourth-order valence-corrected chi connectivity index (χ4v) is 2.15. The Labute approximate surface area is 132 Å². The molecule has 0 bridgehead atoms. The monoisotopic (exact) mass is 372 g/mol. The van der Waals surface area contributed by atoms with Gasteiger partial charge in [-0.05, 0) is 46.3 Å². The predicted molar refractivity (Wildman–Crippen MR) is 80.2 cm³/mol. The lowest BCUT2D eigenvalue weighted by Crippen LogP contribution is -2.14. The third kappa shape index (κ3) is 3.56. The number of carbonyl (C=O) groups excluding carboxylic acids is 1. The first-order valence-electron chi connectivity index (χ1n) is 5.59. The maximum Gasteiger partial charge on any atom is 0.282 e. The normalized spacial score (nSPS) is 10.2. The molecule has 0 unspecified atom stereocenters. The van der Waals surface area contributed by atoms with Crippen molar-refractivity contribution in [2.45, 2.75) is 0 Å². The van der Waals surface area contributed by atoms with Crippen LogP contribution in [-0.2, 0) is 0 Å². The van der Waals surface area contributed by atoms with Crippen molar-refractivity contribution in [3.63, 3.8) is 0 Å². The van der Waals surface area contributed by atoms with Crippen LogP contribution >= 0.6 is 27.5 Å². The Morgan fingerprint density at radius 3 is 2.67 bits per heavy atom. The summed E-state index contributed by atoms with van der Waals surface area (Å²) < 4.78 is 13.6. The highest BCUT2D eigenvalue weighted by Crippen LogP contribution is 2.27. The summed E-state index contributed by atoms with van der Waals surface area (Å²) >= 11 is 8.91. The number of nitro groups is 1. The second kappa shape index (κ2) is 6.19. The highest BCUT2D eigenvalue weighted by atomic mass is 79.9. The minimum absolute atomic E-state index is 0.161. The van der Waals surface area contributed by atoms with E-state index in [1.807, 2.05) is 0 Å². The number of halogens is 3. The number of carbonyl (C=O) groups is 1. The fraction of sp³-hybridized carbons (Fsp3) is 0. The Morgan fingerprint density at radius 1 is 1.29 bits per heavy atom. The molecule has 0 aliphatic heterocycles. The van der Waals surface area contributed by atoms with Gasteiger partial charge in [0, 0.05) is 15.6 Å². The molecule has 0 saturated carbocycles. The van der Waals surface area contributed by atoms with E-state index < -0.39 is 16.6 Å². The number of hydrogen-bond acceptors (Lipinski definition) is 3. The zero-order chi connectivity index (χ0) is 15.6. The molecule has 1 amide bonds. The van der Waals surface area contributed by atoms with Gasteiger partial charge in [-0.15, -0.1) is 0 Å². The molecule has 0 atom stereocenters. The first-order valence-corrected chi connectivity index (χ1v) is 6.76. The minimum atomic E-state index is -0.754. The number of benzene rings is 2. The summed E-state index contributed by atoms with van der Waals surface area (Å²) in [4.78, 5) is 22.4. The highest BCUT2D eigenvalue weighted by molar-refractivity contribution is 9.10. The van der Waals surface area contributed by atoms with Crippen molar-refractivity contribution in [1.82, 2.24) is 0 Å². The van der Waals surface area contributed by atoms with Crippen LogP contribution in [0.15, 0.2) is 40.9 Å². The van der Waals surface area contributed by atoms with Crippen LogP contribution in [0.3, 0.4) is 0 Å². The van der Waals surface area contributed by atoms with Crippen LogP contribution in [-0.4, -0.2) is 10.8 Å². The molecule has 2 rings (SSSR count). The van der Waals surface area contributed by atoms with Crippen molar-refractivity contribution < 1.29 is 14.1 Å². The summed E-state index contributed by atoms with van der Waals surface area (Å²) in [5.74, 6) is -1.30. The summed E-state index contributed by atoms with van der Waals surface area (Å²) in [6.45, 7) is 0. The van der Waals surface area contributed by atoms with E-state index in [1.54, 1.807) is 0 Å². The molecule has 0 radical (unpaired) electrons. The Morgan fingerprint density at radius 2 is 2.00 bits per heavy atom. The van der Waals surface area contributed by atoms with Crippen LogP contribution < -0.4 is 5.32 Å². The van der Waals surface area contributed by atoms with Gasteiger partial charge in [0.1, 0.15) is 11.4 Å². The van der Waals surface area contributed by atoms with Gasteiger partial charge in [-0.2, -0.15) is 0 Å². The van der Waals surface area contributed by atoms with Gasteiger partial charge in [-0.25, -0.2) is 4.39 Å². The lowest BCUT2D eigenvalue weighted by molar-refractivity contribution is -0.385. The van der Waals surface area contributed by atoms with E-state index in [2.05, 4.69) is 21.2 Å². The van der Waals surface area contributed by atoms with Crippen LogP contribution in [0.2, 0.25) is 5.02 Å². The Kier molecular flexibility index (Phi) is 4.54. The van der Waals surface area contributed by atoms with Crippen LogP contribution in [0.25, 0.3) is 0 Å². The molecule has 8 heteroatoms. The Balaban J connectivity index is 2.39. The Hall–Kier alpha value is -1.99. The molecule has 1 N–H and O–H groups in total. The van der Waals surface area contributed by atoms with E-state index in [0.29, 0.717) is 4.47 Å². The van der Waals surface area contributed by atoms with Gasteiger partial charge in [-0.3, -0.25) is 14.9 Å². The van der Waals surface area contributed by atoms with Gasteiger partial charge in [-0.1, -0.05) is 11.6 Å². The largest absolute Gasteiger partial charge is 0.321 e. The number of anilines is 1. The molecular weight excluding hydrogens is 367 g/mol. The third-order valence-electron chi connectivity index (χ3n) is 2.58. The second-order valence-electron chi connectivity index (χ2n) is 4.00. The van der Waals surface area contributed by atoms with Gasteiger partial charge < -0.3 is 5.32 Å². The summed E-state index contributed by atoms with van der Waals surface area (Å²) in [5, 5.41) is 13.5. The van der Waals surface area contributed by atoms with Gasteiger partial charge in [0.15, 0.2) is 0 Å². The van der Waals surface area contributed by atoms with Crippen LogP contribution in [0.4, 0.5) is 15.8 Å². The maximum atomic E-state index is 13.2. The topological polar surface area (TPSA) is 72.2 Å². The SMILES string of the molecule is O=C(Nc1cc(F)ccc1Br)c1cc(Cl)ccc1[N+](=O)[O-]. The van der Waals surface area contributed by atoms with Gasteiger partial charge in [0.05, 0.1) is 10.6 Å². The van der Waals surface area contributed by atoms with Crippen molar-refractivity contribution in [2.75, 3.05) is 5.32 Å². The molecular formula is C13H7BrClFN2O3. The first kappa shape index (κ1) is 15.4. The number of nitro benzene ring substituents is 1. The molecule has 0 aliphatic rings. The van der Waals surface area contributed by atoms with Crippen molar-refractivity contribution in [3.8, 4) is 0 Å². The van der Waals surface area contributed by atoms with E-state index in [9.17, 15) is 19.3 Å². The standard InChI is InChI=1S/C13H7BrClFN2O3/c14-10-3-2-8(16)6-11(10)17-13(19)9-5-7(15)1-4-12(9)18(20)21/h1-6H,(H,17,19). The zero-order valence-electron chi connectivity index (χ0n) is 10.3. The van der Waals surface area contributed by atoms with E-state index in [-0.39, 0.29) is 22.0 Å². The van der Waals surface area contributed by atoms with E-state index >= 15 is 0 Å². The van der Waals surface area contributed by atoms with Gasteiger partial charge in [0.2, 0.25) is 0 Å². The van der Waals surface area contributed by atoms with E-state index in [1.165, 1.54) is 24.3 Å². The molecule has 0 fully saturated rings. The number of hydrogen-bond donors (Lipinski definition) is 1. The molecule has 108 valence electrons. The minimum Gasteiger partial charge on any atom is -0.321 e. The summed E-state index contributed by atoms with van der Waals surface area (Å²) in [5.41, 5.74) is -0.428. The van der Waals surface area contributed by atoms with E-state index in [0.717, 1.165) is 12.1 Å². The van der Waals surface area contributed by atoms with Crippen molar-refractivity contribution >= 4 is 44.8 Å². The van der Waals surface area contributed by atoms with Crippen LogP contribution in [0.1, 0.15) is 10.4 Å². The Bertz CT molecular complexity index is 739. The molecule has 2 aromatic rings. The predicted octanol–water partition coefficient (Wildman–Crippen LogP) is 4.40. The number of nitrogens with one attached hydrogen (secondary N) is 1. The third-order valence-corrected chi connectivity index (χ3v) is 3.50. The summed E-state index contributed by atoms with van der Waals surface area (Å²) in [6.07, 6.45) is 0. The lowest BCUT2D eigenvalue weighted by Gasteiger charge is -2.08. The summed E-state index contributed by atoms with van der Waals surface area (Å²) in [7, 11) is 0. The molecule has 0 aromatic heterocycles. The first-order chi connectivity index (χ1) is 9.88. The fourth-order valence-electron chi connectivity index (χ4n) is 1.63. The average molecular weight is 374 g/mol. The lowest BCUT2D eigenvalue weighted by atomic mass is 10.1. The molecule has 0 aliphatic carbocycles. The molecule has 5 nitrogen and oxygen atoms in total. The molecule has 0 saturated heterocycles. The maximum absolute atomic E-state index is 13.2. The van der Waals surface area contributed by atoms with Crippen LogP contribution in [0, 0.1) is 15.9 Å². The quantitative estimate of drug-likeness (QED) is 0.640. The van der Waals surface area contributed by atoms with Gasteiger partial charge >= 0.3 is 0 Å². The van der Waals surface area contributed by atoms with Gasteiger partial charge in [0.25, 0.3) is 11.6 Å². The number of amides is 1. The van der Waals surface area contributed by atoms with Crippen molar-refractivity contribution in [3.05, 3.63) is 67.4 Å². The number of nitrogens with zero attached hydrogens (tertiary/aromatic N) is 1. The molecule has 2 aromatic carbocycles. The molecule has 0 spiro atoms. The average Bonchev–Trinajstić information content (AvgIpc) is 2.42. The smallest absolute Gasteiger partial charge is 0.282 e. The number of rotatable bonds is 3. The molecule has 21 heavy (non-hydrogen) atoms. The summed E-state index contributed by atoms with van der Waals surface area (Å²) in [6, 6.07) is 7.35. The zero-order valence-corrected chi connectivity index (χ0v) is 12.6. The molecule has 0 heterocycles. The van der Waals surface area contributed by atoms with Crippen LogP contribution in [0.5, 0.6) is 0 Å². The highest BCUT2D eigenvalue weighted by Gasteiger charge is 2.21. The van der Waals surface area contributed by atoms with Crippen molar-refractivity contribution in [2.24, 2.45) is 0 Å². The second-order valence-corrected chi connectivity index (χ2v) is 5.29.